The lowest BCUT2D eigenvalue weighted by molar-refractivity contribution is -0.389. The molecule has 1 amide bonds. The van der Waals surface area contributed by atoms with Gasteiger partial charge in [-0.15, -0.1) is 12.4 Å². The van der Waals surface area contributed by atoms with Gasteiger partial charge in [0.25, 0.3) is 5.91 Å². The second-order valence-electron chi connectivity index (χ2n) is 4.03. The Labute approximate surface area is 110 Å². The number of nitrogens with zero attached hydrogens (tertiary/aromatic N) is 1. The molecule has 3 N–H and O–H groups in total. The van der Waals surface area contributed by atoms with E-state index < -0.39 is 4.92 Å². The number of H-pyrrole nitrogens is 1. The molecule has 1 aliphatic rings. The van der Waals surface area contributed by atoms with Crippen LogP contribution in [0.2, 0.25) is 0 Å². The van der Waals surface area contributed by atoms with Gasteiger partial charge in [-0.05, 0) is 30.4 Å². The normalized spacial score (nSPS) is 18.8. The second kappa shape index (κ2) is 6.36. The van der Waals surface area contributed by atoms with E-state index in [0.717, 1.165) is 25.9 Å². The number of rotatable bonds is 3. The summed E-state index contributed by atoms with van der Waals surface area (Å²) >= 11 is 0. The Morgan fingerprint density at radius 1 is 1.50 bits per heavy atom. The van der Waals surface area contributed by atoms with E-state index in [9.17, 15) is 14.9 Å². The first kappa shape index (κ1) is 14.5. The molecule has 7 nitrogen and oxygen atoms in total. The molecule has 8 heteroatoms. The Hall–Kier alpha value is -1.60. The van der Waals surface area contributed by atoms with Gasteiger partial charge < -0.3 is 20.7 Å². The number of carbonyl (C=O) groups is 1. The van der Waals surface area contributed by atoms with Crippen molar-refractivity contribution in [2.45, 2.75) is 18.9 Å². The molecule has 0 radical (unpaired) electrons. The Kier molecular flexibility index (Phi) is 5.11. The summed E-state index contributed by atoms with van der Waals surface area (Å²) in [6.07, 6.45) is 1.96. The van der Waals surface area contributed by atoms with Crippen LogP contribution < -0.4 is 10.6 Å². The molecule has 1 atom stereocenters. The van der Waals surface area contributed by atoms with Crippen molar-refractivity contribution >= 4 is 24.1 Å². The molecule has 1 aliphatic heterocycles. The van der Waals surface area contributed by atoms with Gasteiger partial charge in [-0.1, -0.05) is 0 Å². The van der Waals surface area contributed by atoms with E-state index in [1.807, 2.05) is 0 Å². The number of nitrogens with one attached hydrogen (secondary N) is 3. The maximum absolute atomic E-state index is 11.8. The Morgan fingerprint density at radius 3 is 2.83 bits per heavy atom. The summed E-state index contributed by atoms with van der Waals surface area (Å²) in [7, 11) is 0. The van der Waals surface area contributed by atoms with E-state index in [1.54, 1.807) is 0 Å². The van der Waals surface area contributed by atoms with Gasteiger partial charge in [0.15, 0.2) is 5.69 Å². The topological polar surface area (TPSA) is 100 Å². The number of hydrogen-bond donors (Lipinski definition) is 3. The Bertz CT molecular complexity index is 429. The smallest absolute Gasteiger partial charge is 0.321 e. The van der Waals surface area contributed by atoms with Crippen molar-refractivity contribution in [3.8, 4) is 0 Å². The maximum atomic E-state index is 11.8. The second-order valence-corrected chi connectivity index (χ2v) is 4.03. The standard InChI is InChI=1S/C10H14N4O3.ClH/c15-10(12-7-2-1-5-11-6-7)8-3-4-9(13-8)14(16)17;/h3-4,7,11,13H,1-2,5-6H2,(H,12,15);1H/t7-;/m1./s1. The minimum atomic E-state index is -0.557. The summed E-state index contributed by atoms with van der Waals surface area (Å²) in [4.78, 5) is 24.1. The summed E-state index contributed by atoms with van der Waals surface area (Å²) < 4.78 is 0. The summed E-state index contributed by atoms with van der Waals surface area (Å²) in [6, 6.07) is 2.80. The highest BCUT2D eigenvalue weighted by molar-refractivity contribution is 5.93. The molecule has 0 aromatic carbocycles. The van der Waals surface area contributed by atoms with E-state index in [0.29, 0.717) is 0 Å². The number of piperidine rings is 1. The molecule has 1 aromatic heterocycles. The van der Waals surface area contributed by atoms with Crippen molar-refractivity contribution in [3.05, 3.63) is 27.9 Å². The zero-order chi connectivity index (χ0) is 12.3. The predicted molar refractivity (Wildman–Crippen MR) is 68.1 cm³/mol. The van der Waals surface area contributed by atoms with E-state index in [1.165, 1.54) is 12.1 Å². The number of aromatic amines is 1. The highest BCUT2D eigenvalue weighted by Gasteiger charge is 2.20. The number of halogens is 1. The molecule has 1 fully saturated rings. The third kappa shape index (κ3) is 3.44. The lowest BCUT2D eigenvalue weighted by atomic mass is 10.1. The zero-order valence-electron chi connectivity index (χ0n) is 9.64. The third-order valence-corrected chi connectivity index (χ3v) is 2.74. The third-order valence-electron chi connectivity index (χ3n) is 2.74. The van der Waals surface area contributed by atoms with Crippen molar-refractivity contribution < 1.29 is 9.72 Å². The summed E-state index contributed by atoms with van der Waals surface area (Å²) in [6.45, 7) is 1.72. The minimum absolute atomic E-state index is 0. The van der Waals surface area contributed by atoms with Crippen LogP contribution in [0, 0.1) is 10.1 Å². The van der Waals surface area contributed by atoms with Crippen molar-refractivity contribution in [3.63, 3.8) is 0 Å². The molecule has 0 saturated carbocycles. The van der Waals surface area contributed by atoms with Gasteiger partial charge in [0.2, 0.25) is 0 Å². The number of nitro groups is 1. The van der Waals surface area contributed by atoms with Crippen molar-refractivity contribution in [1.29, 1.82) is 0 Å². The Morgan fingerprint density at radius 2 is 2.28 bits per heavy atom. The SMILES string of the molecule is Cl.O=C(N[C@@H]1CCCNC1)c1ccc([N+](=O)[O-])[nH]1. The van der Waals surface area contributed by atoms with Crippen molar-refractivity contribution in [2.75, 3.05) is 13.1 Å². The average molecular weight is 275 g/mol. The lowest BCUT2D eigenvalue weighted by Gasteiger charge is -2.23. The van der Waals surface area contributed by atoms with Crippen LogP contribution in [0.25, 0.3) is 0 Å². The summed E-state index contributed by atoms with van der Waals surface area (Å²) in [5.41, 5.74) is 0.224. The van der Waals surface area contributed by atoms with Crippen LogP contribution in [0.1, 0.15) is 23.3 Å². The fourth-order valence-electron chi connectivity index (χ4n) is 1.86. The lowest BCUT2D eigenvalue weighted by Crippen LogP contribution is -2.45. The van der Waals surface area contributed by atoms with Crippen molar-refractivity contribution in [2.24, 2.45) is 0 Å². The van der Waals surface area contributed by atoms with E-state index in [4.69, 9.17) is 0 Å². The monoisotopic (exact) mass is 274 g/mol. The number of amides is 1. The van der Waals surface area contributed by atoms with Crippen LogP contribution in [-0.2, 0) is 0 Å². The molecule has 18 heavy (non-hydrogen) atoms. The van der Waals surface area contributed by atoms with Crippen LogP contribution >= 0.6 is 12.4 Å². The molecule has 2 heterocycles. The molecule has 0 bridgehead atoms. The van der Waals surface area contributed by atoms with Gasteiger partial charge in [-0.25, -0.2) is 4.98 Å². The largest absolute Gasteiger partial charge is 0.358 e. The maximum Gasteiger partial charge on any atom is 0.321 e. The first-order valence-corrected chi connectivity index (χ1v) is 5.52. The van der Waals surface area contributed by atoms with Gasteiger partial charge >= 0.3 is 5.82 Å². The molecular formula is C10H15ClN4O3. The van der Waals surface area contributed by atoms with E-state index in [2.05, 4.69) is 15.6 Å². The van der Waals surface area contributed by atoms with Gasteiger partial charge in [0.05, 0.1) is 0 Å². The predicted octanol–water partition coefficient (Wildman–Crippen LogP) is 0.827. The molecule has 0 unspecified atom stereocenters. The molecule has 0 aliphatic carbocycles. The number of carbonyl (C=O) groups excluding carboxylic acids is 1. The molecular weight excluding hydrogens is 260 g/mol. The molecule has 0 spiro atoms. The molecule has 1 saturated heterocycles. The van der Waals surface area contributed by atoms with E-state index in [-0.39, 0.29) is 35.9 Å². The van der Waals surface area contributed by atoms with Crippen LogP contribution in [-0.4, -0.2) is 34.9 Å². The molecule has 100 valence electrons. The van der Waals surface area contributed by atoms with Crippen LogP contribution in [0.4, 0.5) is 5.82 Å². The molecule has 1 aromatic rings. The van der Waals surface area contributed by atoms with Gasteiger partial charge in [0, 0.05) is 18.7 Å². The number of aromatic nitrogens is 1. The average Bonchev–Trinajstić information content (AvgIpc) is 2.79. The first-order valence-electron chi connectivity index (χ1n) is 5.52. The highest BCUT2D eigenvalue weighted by Crippen LogP contribution is 2.10. The van der Waals surface area contributed by atoms with Gasteiger partial charge in [-0.2, -0.15) is 0 Å². The molecule has 2 rings (SSSR count). The van der Waals surface area contributed by atoms with E-state index >= 15 is 0 Å². The first-order chi connectivity index (χ1) is 8.16. The number of hydrogen-bond acceptors (Lipinski definition) is 4. The quantitative estimate of drug-likeness (QED) is 0.561. The van der Waals surface area contributed by atoms with Crippen LogP contribution in [0.5, 0.6) is 0 Å². The highest BCUT2D eigenvalue weighted by atomic mass is 35.5. The van der Waals surface area contributed by atoms with Crippen LogP contribution in [0.3, 0.4) is 0 Å². The summed E-state index contributed by atoms with van der Waals surface area (Å²) in [5, 5.41) is 16.5. The van der Waals surface area contributed by atoms with Crippen LogP contribution in [0.15, 0.2) is 12.1 Å². The van der Waals surface area contributed by atoms with Gasteiger partial charge in [-0.3, -0.25) is 4.79 Å². The fraction of sp³-hybridized carbons (Fsp3) is 0.500. The van der Waals surface area contributed by atoms with Gasteiger partial charge in [0.1, 0.15) is 0 Å². The fourth-order valence-corrected chi connectivity index (χ4v) is 1.86. The Balaban J connectivity index is 0.00000162. The van der Waals surface area contributed by atoms with Crippen molar-refractivity contribution in [1.82, 2.24) is 15.6 Å². The summed E-state index contributed by atoms with van der Waals surface area (Å²) in [5.74, 6) is -0.469. The minimum Gasteiger partial charge on any atom is -0.358 e. The zero-order valence-corrected chi connectivity index (χ0v) is 10.5.